The fourth-order valence-electron chi connectivity index (χ4n) is 2.05. The molecule has 0 aromatic heterocycles. The molecule has 1 aliphatic rings. The van der Waals surface area contributed by atoms with Crippen LogP contribution >= 0.6 is 0 Å². The number of likely N-dealkylation sites (tertiary alicyclic amines) is 1. The van der Waals surface area contributed by atoms with E-state index in [2.05, 4.69) is 0 Å². The van der Waals surface area contributed by atoms with Crippen LogP contribution in [-0.2, 0) is 6.54 Å². The predicted molar refractivity (Wildman–Crippen MR) is 58.9 cm³/mol. The summed E-state index contributed by atoms with van der Waals surface area (Å²) in [5.74, 6) is 0.266. The van der Waals surface area contributed by atoms with Gasteiger partial charge in [-0.1, -0.05) is 6.07 Å². The van der Waals surface area contributed by atoms with E-state index in [1.807, 2.05) is 4.90 Å². The summed E-state index contributed by atoms with van der Waals surface area (Å²) < 4.78 is 18.5. The van der Waals surface area contributed by atoms with Crippen molar-refractivity contribution in [2.24, 2.45) is 0 Å². The van der Waals surface area contributed by atoms with Crippen molar-refractivity contribution >= 4 is 0 Å². The molecule has 1 fully saturated rings. The number of ether oxygens (including phenoxy) is 1. The first-order valence-corrected chi connectivity index (χ1v) is 5.27. The van der Waals surface area contributed by atoms with E-state index >= 15 is 0 Å². The Kier molecular flexibility index (Phi) is 2.86. The van der Waals surface area contributed by atoms with Gasteiger partial charge in [-0.3, -0.25) is 4.90 Å². The van der Waals surface area contributed by atoms with Crippen molar-refractivity contribution in [2.75, 3.05) is 20.2 Å². The van der Waals surface area contributed by atoms with Gasteiger partial charge in [0.25, 0.3) is 0 Å². The second kappa shape index (κ2) is 4.03. The van der Waals surface area contributed by atoms with E-state index in [9.17, 15) is 9.50 Å². The smallest absolute Gasteiger partial charge is 0.131 e. The Bertz CT molecular complexity index is 385. The third-order valence-corrected chi connectivity index (χ3v) is 2.78. The highest BCUT2D eigenvalue weighted by Gasteiger charge is 2.36. The van der Waals surface area contributed by atoms with Crippen molar-refractivity contribution < 1.29 is 14.2 Å². The van der Waals surface area contributed by atoms with Crippen molar-refractivity contribution in [3.05, 3.63) is 29.6 Å². The largest absolute Gasteiger partial charge is 0.497 e. The fraction of sp³-hybridized carbons (Fsp3) is 0.500. The number of aliphatic hydroxyl groups is 1. The highest BCUT2D eigenvalue weighted by Crippen LogP contribution is 2.24. The van der Waals surface area contributed by atoms with E-state index in [4.69, 9.17) is 4.74 Å². The van der Waals surface area contributed by atoms with Crippen molar-refractivity contribution in [2.45, 2.75) is 19.1 Å². The van der Waals surface area contributed by atoms with Crippen LogP contribution in [0.4, 0.5) is 4.39 Å². The first-order chi connectivity index (χ1) is 7.50. The van der Waals surface area contributed by atoms with Gasteiger partial charge in [-0.2, -0.15) is 0 Å². The lowest BCUT2D eigenvalue weighted by Crippen LogP contribution is -2.59. The quantitative estimate of drug-likeness (QED) is 0.844. The van der Waals surface area contributed by atoms with E-state index in [1.54, 1.807) is 19.1 Å². The number of hydrogen-bond acceptors (Lipinski definition) is 3. The number of nitrogens with zero attached hydrogens (tertiary/aromatic N) is 1. The zero-order chi connectivity index (χ0) is 11.8. The molecule has 0 spiro atoms. The monoisotopic (exact) mass is 225 g/mol. The minimum atomic E-state index is -0.608. The molecule has 1 saturated heterocycles. The van der Waals surface area contributed by atoms with Gasteiger partial charge in [0.2, 0.25) is 0 Å². The Morgan fingerprint density at radius 3 is 2.69 bits per heavy atom. The topological polar surface area (TPSA) is 32.7 Å². The van der Waals surface area contributed by atoms with Gasteiger partial charge in [-0.15, -0.1) is 0 Å². The van der Waals surface area contributed by atoms with Crippen molar-refractivity contribution in [1.29, 1.82) is 0 Å². The van der Waals surface area contributed by atoms with Crippen LogP contribution in [0.25, 0.3) is 0 Å². The lowest BCUT2D eigenvalue weighted by molar-refractivity contribution is -0.0874. The summed E-state index contributed by atoms with van der Waals surface area (Å²) in [6.45, 7) is 3.51. The highest BCUT2D eigenvalue weighted by atomic mass is 19.1. The van der Waals surface area contributed by atoms with E-state index in [-0.39, 0.29) is 5.82 Å². The lowest BCUT2D eigenvalue weighted by Gasteiger charge is -2.44. The number of β-amino-alcohol motifs (C(OH)–C–C–N with tert-alkyl or cyclic N) is 1. The Morgan fingerprint density at radius 1 is 1.50 bits per heavy atom. The van der Waals surface area contributed by atoms with Crippen LogP contribution in [-0.4, -0.2) is 35.8 Å². The molecule has 1 aromatic rings. The van der Waals surface area contributed by atoms with E-state index < -0.39 is 5.60 Å². The van der Waals surface area contributed by atoms with Crippen LogP contribution in [0.3, 0.4) is 0 Å². The molecule has 3 nitrogen and oxygen atoms in total. The molecule has 1 aliphatic heterocycles. The number of benzene rings is 1. The van der Waals surface area contributed by atoms with E-state index in [0.717, 1.165) is 0 Å². The van der Waals surface area contributed by atoms with E-state index in [1.165, 1.54) is 13.2 Å². The lowest BCUT2D eigenvalue weighted by atomic mass is 9.96. The third-order valence-electron chi connectivity index (χ3n) is 2.78. The van der Waals surface area contributed by atoms with Crippen LogP contribution in [0.2, 0.25) is 0 Å². The van der Waals surface area contributed by atoms with Crippen molar-refractivity contribution in [1.82, 2.24) is 4.90 Å². The maximum absolute atomic E-state index is 13.6. The molecule has 1 N–H and O–H groups in total. The van der Waals surface area contributed by atoms with Gasteiger partial charge in [0, 0.05) is 31.3 Å². The number of hydrogen-bond donors (Lipinski definition) is 1. The SMILES string of the molecule is COc1ccc(CN2CC(C)(O)C2)c(F)c1. The van der Waals surface area contributed by atoms with Crippen LogP contribution in [0.5, 0.6) is 5.75 Å². The Labute approximate surface area is 94.4 Å². The van der Waals surface area contributed by atoms with Gasteiger partial charge in [0.1, 0.15) is 11.6 Å². The Morgan fingerprint density at radius 2 is 2.19 bits per heavy atom. The zero-order valence-electron chi connectivity index (χ0n) is 9.53. The summed E-state index contributed by atoms with van der Waals surface area (Å²) >= 11 is 0. The average molecular weight is 225 g/mol. The number of methoxy groups -OCH3 is 1. The summed E-state index contributed by atoms with van der Waals surface area (Å²) in [6, 6.07) is 4.85. The van der Waals surface area contributed by atoms with Gasteiger partial charge < -0.3 is 9.84 Å². The molecule has 0 aliphatic carbocycles. The molecule has 2 rings (SSSR count). The zero-order valence-corrected chi connectivity index (χ0v) is 9.53. The average Bonchev–Trinajstić information content (AvgIpc) is 2.18. The third kappa shape index (κ3) is 2.33. The van der Waals surface area contributed by atoms with Gasteiger partial charge in [0.05, 0.1) is 12.7 Å². The second-order valence-corrected chi connectivity index (χ2v) is 4.60. The normalized spacial score (nSPS) is 19.2. The van der Waals surface area contributed by atoms with Gasteiger partial charge >= 0.3 is 0 Å². The molecular formula is C12H16FNO2. The second-order valence-electron chi connectivity index (χ2n) is 4.60. The molecular weight excluding hydrogens is 209 g/mol. The maximum atomic E-state index is 13.6. The molecule has 1 heterocycles. The van der Waals surface area contributed by atoms with Gasteiger partial charge in [-0.05, 0) is 13.0 Å². The van der Waals surface area contributed by atoms with Crippen LogP contribution < -0.4 is 4.74 Å². The van der Waals surface area contributed by atoms with Gasteiger partial charge in [-0.25, -0.2) is 4.39 Å². The van der Waals surface area contributed by atoms with Crippen LogP contribution in [0.1, 0.15) is 12.5 Å². The molecule has 0 bridgehead atoms. The Hall–Kier alpha value is -1.13. The van der Waals surface area contributed by atoms with Gasteiger partial charge in [0.15, 0.2) is 0 Å². The first kappa shape index (κ1) is 11.4. The molecule has 0 saturated carbocycles. The number of rotatable bonds is 3. The van der Waals surface area contributed by atoms with Crippen LogP contribution in [0, 0.1) is 5.82 Å². The molecule has 0 amide bonds. The standard InChI is InChI=1S/C12H16FNO2/c1-12(15)7-14(8-12)6-9-3-4-10(16-2)5-11(9)13/h3-5,15H,6-8H2,1-2H3. The molecule has 16 heavy (non-hydrogen) atoms. The fourth-order valence-corrected chi connectivity index (χ4v) is 2.05. The predicted octanol–water partition coefficient (Wildman–Crippen LogP) is 1.40. The molecule has 0 unspecified atom stereocenters. The highest BCUT2D eigenvalue weighted by molar-refractivity contribution is 5.29. The molecule has 0 radical (unpaired) electrons. The number of halogens is 1. The van der Waals surface area contributed by atoms with Crippen molar-refractivity contribution in [3.8, 4) is 5.75 Å². The van der Waals surface area contributed by atoms with Crippen LogP contribution in [0.15, 0.2) is 18.2 Å². The summed E-state index contributed by atoms with van der Waals surface area (Å²) in [5, 5.41) is 9.56. The van der Waals surface area contributed by atoms with E-state index in [0.29, 0.717) is 30.9 Å². The van der Waals surface area contributed by atoms with Crippen molar-refractivity contribution in [3.63, 3.8) is 0 Å². The summed E-state index contributed by atoms with van der Waals surface area (Å²) in [6.07, 6.45) is 0. The minimum Gasteiger partial charge on any atom is -0.497 e. The summed E-state index contributed by atoms with van der Waals surface area (Å²) in [4.78, 5) is 2.00. The molecule has 4 heteroatoms. The first-order valence-electron chi connectivity index (χ1n) is 5.27. The minimum absolute atomic E-state index is 0.258. The maximum Gasteiger partial charge on any atom is 0.131 e. The molecule has 1 aromatic carbocycles. The summed E-state index contributed by atoms with van der Waals surface area (Å²) in [5.41, 5.74) is 0.0273. The Balaban J connectivity index is 2.00. The summed E-state index contributed by atoms with van der Waals surface area (Å²) in [7, 11) is 1.51. The molecule has 88 valence electrons. The molecule has 0 atom stereocenters.